The van der Waals surface area contributed by atoms with Crippen LogP contribution in [0.1, 0.15) is 10.6 Å². The molecule has 2 rings (SSSR count). The van der Waals surface area contributed by atoms with Gasteiger partial charge in [-0.05, 0) is 0 Å². The van der Waals surface area contributed by atoms with E-state index in [1.807, 2.05) is 24.3 Å². The SMILES string of the molecule is O=C(S)c1occ2ccccc12. The van der Waals surface area contributed by atoms with E-state index in [-0.39, 0.29) is 5.12 Å². The predicted molar refractivity (Wildman–Crippen MR) is 49.5 cm³/mol. The van der Waals surface area contributed by atoms with Crippen molar-refractivity contribution in [3.05, 3.63) is 36.3 Å². The lowest BCUT2D eigenvalue weighted by molar-refractivity contribution is 0.106. The molecule has 0 spiro atoms. The minimum Gasteiger partial charge on any atom is -0.459 e. The van der Waals surface area contributed by atoms with Crippen molar-refractivity contribution in [3.63, 3.8) is 0 Å². The Hall–Kier alpha value is -1.22. The molecule has 0 atom stereocenters. The fraction of sp³-hybridized carbons (Fsp3) is 0. The van der Waals surface area contributed by atoms with Gasteiger partial charge in [0.2, 0.25) is 0 Å². The summed E-state index contributed by atoms with van der Waals surface area (Å²) in [6.07, 6.45) is 1.55. The van der Waals surface area contributed by atoms with Gasteiger partial charge < -0.3 is 4.42 Å². The molecule has 0 saturated heterocycles. The van der Waals surface area contributed by atoms with E-state index < -0.39 is 0 Å². The number of carbonyl (C=O) groups is 1. The summed E-state index contributed by atoms with van der Waals surface area (Å²) in [7, 11) is 0. The van der Waals surface area contributed by atoms with Crippen molar-refractivity contribution < 1.29 is 9.21 Å². The Balaban J connectivity index is 2.79. The van der Waals surface area contributed by atoms with Crippen LogP contribution in [0.2, 0.25) is 0 Å². The third-order valence-electron chi connectivity index (χ3n) is 1.70. The van der Waals surface area contributed by atoms with Crippen LogP contribution in [-0.4, -0.2) is 5.12 Å². The van der Waals surface area contributed by atoms with Gasteiger partial charge in [-0.15, -0.1) is 0 Å². The molecule has 0 aliphatic heterocycles. The first-order valence-corrected chi connectivity index (χ1v) is 3.93. The van der Waals surface area contributed by atoms with Gasteiger partial charge in [-0.25, -0.2) is 0 Å². The number of fused-ring (bicyclic) bond motifs is 1. The second-order valence-corrected chi connectivity index (χ2v) is 2.86. The van der Waals surface area contributed by atoms with E-state index in [1.54, 1.807) is 6.26 Å². The van der Waals surface area contributed by atoms with Gasteiger partial charge in [0.25, 0.3) is 5.12 Å². The maximum atomic E-state index is 10.9. The Morgan fingerprint density at radius 1 is 1.33 bits per heavy atom. The van der Waals surface area contributed by atoms with Gasteiger partial charge >= 0.3 is 0 Å². The summed E-state index contributed by atoms with van der Waals surface area (Å²) >= 11 is 3.70. The summed E-state index contributed by atoms with van der Waals surface area (Å²) in [5, 5.41) is 1.41. The molecular weight excluding hydrogens is 172 g/mol. The smallest absolute Gasteiger partial charge is 0.252 e. The lowest BCUT2D eigenvalue weighted by Crippen LogP contribution is -1.84. The standard InChI is InChI=1S/C9H6O2S/c10-9(12)8-7-4-2-1-3-6(7)5-11-8/h1-5H,(H,10,12). The first-order chi connectivity index (χ1) is 5.79. The van der Waals surface area contributed by atoms with Gasteiger partial charge in [0.1, 0.15) is 0 Å². The lowest BCUT2D eigenvalue weighted by Gasteiger charge is -1.88. The summed E-state index contributed by atoms with van der Waals surface area (Å²) in [6, 6.07) is 7.48. The van der Waals surface area contributed by atoms with E-state index in [1.165, 1.54) is 0 Å². The molecule has 0 amide bonds. The van der Waals surface area contributed by atoms with Crippen molar-refractivity contribution in [2.75, 3.05) is 0 Å². The second-order valence-electron chi connectivity index (χ2n) is 2.46. The van der Waals surface area contributed by atoms with Gasteiger partial charge in [-0.1, -0.05) is 36.9 Å². The number of thiol groups is 1. The number of hydrogen-bond acceptors (Lipinski definition) is 2. The quantitative estimate of drug-likeness (QED) is 0.680. The molecule has 0 unspecified atom stereocenters. The van der Waals surface area contributed by atoms with E-state index in [0.29, 0.717) is 5.76 Å². The number of hydrogen-bond donors (Lipinski definition) is 1. The Morgan fingerprint density at radius 3 is 2.83 bits per heavy atom. The number of rotatable bonds is 1. The van der Waals surface area contributed by atoms with E-state index in [4.69, 9.17) is 4.42 Å². The fourth-order valence-corrected chi connectivity index (χ4v) is 1.33. The molecule has 0 radical (unpaired) electrons. The van der Waals surface area contributed by atoms with Crippen LogP contribution >= 0.6 is 12.6 Å². The molecule has 12 heavy (non-hydrogen) atoms. The van der Waals surface area contributed by atoms with Crippen LogP contribution < -0.4 is 0 Å². The van der Waals surface area contributed by atoms with E-state index in [2.05, 4.69) is 12.6 Å². The Kier molecular flexibility index (Phi) is 1.66. The predicted octanol–water partition coefficient (Wildman–Crippen LogP) is 2.50. The van der Waals surface area contributed by atoms with Crippen molar-refractivity contribution in [2.45, 2.75) is 0 Å². The molecule has 0 bridgehead atoms. The fourth-order valence-electron chi connectivity index (χ4n) is 1.16. The number of furan rings is 1. The van der Waals surface area contributed by atoms with Gasteiger partial charge in [0.05, 0.1) is 6.26 Å². The highest BCUT2D eigenvalue weighted by Crippen LogP contribution is 2.21. The zero-order valence-electron chi connectivity index (χ0n) is 6.15. The van der Waals surface area contributed by atoms with Crippen LogP contribution in [0.15, 0.2) is 34.9 Å². The largest absolute Gasteiger partial charge is 0.459 e. The molecule has 1 aromatic heterocycles. The van der Waals surface area contributed by atoms with E-state index in [9.17, 15) is 4.79 Å². The summed E-state index contributed by atoms with van der Waals surface area (Å²) in [5.41, 5.74) is 0. The van der Waals surface area contributed by atoms with E-state index in [0.717, 1.165) is 10.8 Å². The van der Waals surface area contributed by atoms with Crippen molar-refractivity contribution in [1.29, 1.82) is 0 Å². The summed E-state index contributed by atoms with van der Waals surface area (Å²) in [5.74, 6) is 0.314. The summed E-state index contributed by atoms with van der Waals surface area (Å²) in [6.45, 7) is 0. The monoisotopic (exact) mass is 178 g/mol. The van der Waals surface area contributed by atoms with Crippen molar-refractivity contribution in [1.82, 2.24) is 0 Å². The summed E-state index contributed by atoms with van der Waals surface area (Å²) in [4.78, 5) is 10.9. The Bertz CT molecular complexity index is 431. The van der Waals surface area contributed by atoms with Crippen LogP contribution in [0.3, 0.4) is 0 Å². The van der Waals surface area contributed by atoms with Crippen LogP contribution in [0.5, 0.6) is 0 Å². The molecule has 60 valence electrons. The molecule has 0 aliphatic rings. The number of benzene rings is 1. The summed E-state index contributed by atoms with van der Waals surface area (Å²) < 4.78 is 5.05. The molecule has 0 saturated carbocycles. The molecular formula is C9H6O2S. The Labute approximate surface area is 74.6 Å². The van der Waals surface area contributed by atoms with Crippen LogP contribution in [0, 0.1) is 0 Å². The first kappa shape index (κ1) is 7.43. The highest BCUT2D eigenvalue weighted by Gasteiger charge is 2.09. The molecule has 0 N–H and O–H groups in total. The van der Waals surface area contributed by atoms with Gasteiger partial charge in [0.15, 0.2) is 5.76 Å². The van der Waals surface area contributed by atoms with Crippen molar-refractivity contribution in [2.24, 2.45) is 0 Å². The second kappa shape index (κ2) is 2.68. The molecule has 1 heterocycles. The van der Waals surface area contributed by atoms with Crippen LogP contribution in [0.4, 0.5) is 0 Å². The topological polar surface area (TPSA) is 30.2 Å². The maximum Gasteiger partial charge on any atom is 0.252 e. The average Bonchev–Trinajstić information content (AvgIpc) is 2.47. The first-order valence-electron chi connectivity index (χ1n) is 3.48. The van der Waals surface area contributed by atoms with Crippen molar-refractivity contribution in [3.8, 4) is 0 Å². The van der Waals surface area contributed by atoms with Crippen molar-refractivity contribution >= 4 is 28.5 Å². The average molecular weight is 178 g/mol. The molecule has 1 aromatic carbocycles. The zero-order valence-corrected chi connectivity index (χ0v) is 7.04. The highest BCUT2D eigenvalue weighted by atomic mass is 32.1. The van der Waals surface area contributed by atoms with Crippen LogP contribution in [0.25, 0.3) is 10.8 Å². The number of carbonyl (C=O) groups excluding carboxylic acids is 1. The van der Waals surface area contributed by atoms with Crippen LogP contribution in [-0.2, 0) is 0 Å². The highest BCUT2D eigenvalue weighted by molar-refractivity contribution is 7.97. The molecule has 2 nitrogen and oxygen atoms in total. The normalized spacial score (nSPS) is 10.4. The van der Waals surface area contributed by atoms with Gasteiger partial charge in [-0.2, -0.15) is 0 Å². The minimum absolute atomic E-state index is 0.314. The van der Waals surface area contributed by atoms with Gasteiger partial charge in [-0.3, -0.25) is 4.79 Å². The molecule has 3 heteroatoms. The van der Waals surface area contributed by atoms with Gasteiger partial charge in [0, 0.05) is 10.8 Å². The molecule has 0 aliphatic carbocycles. The third kappa shape index (κ3) is 1.02. The third-order valence-corrected chi connectivity index (χ3v) is 1.91. The Morgan fingerprint density at radius 2 is 2.08 bits per heavy atom. The molecule has 0 fully saturated rings. The maximum absolute atomic E-state index is 10.9. The molecule has 2 aromatic rings. The minimum atomic E-state index is -0.337. The lowest BCUT2D eigenvalue weighted by atomic mass is 10.2. The van der Waals surface area contributed by atoms with E-state index >= 15 is 0 Å². The zero-order chi connectivity index (χ0) is 8.55.